The smallest absolute Gasteiger partial charge is 0.418 e. The molecule has 2 N–H and O–H groups in total. The van der Waals surface area contributed by atoms with Crippen molar-refractivity contribution in [1.29, 1.82) is 0 Å². The Balaban J connectivity index is 1.93. The lowest BCUT2D eigenvalue weighted by molar-refractivity contribution is -0.141. The maximum Gasteiger partial charge on any atom is 0.418 e. The average Bonchev–Trinajstić information content (AvgIpc) is 2.82. The van der Waals surface area contributed by atoms with Gasteiger partial charge in [-0.25, -0.2) is 0 Å². The van der Waals surface area contributed by atoms with Crippen molar-refractivity contribution in [3.63, 3.8) is 0 Å². The molecule has 0 amide bonds. The van der Waals surface area contributed by atoms with E-state index in [-0.39, 0.29) is 29.6 Å². The largest absolute Gasteiger partial charge is 0.481 e. The molecule has 2 unspecified atom stereocenters. The van der Waals surface area contributed by atoms with Crippen molar-refractivity contribution in [1.82, 2.24) is 4.98 Å². The van der Waals surface area contributed by atoms with E-state index in [4.69, 9.17) is 0 Å². The SMILES string of the molecule is CC(C)CC(C(=O)O)c1cc(-c2ccccc2)cc(NC2CCCc3cnccc32)c1C(F)(F)F. The van der Waals surface area contributed by atoms with E-state index in [1.165, 1.54) is 12.1 Å². The van der Waals surface area contributed by atoms with E-state index in [0.29, 0.717) is 12.0 Å². The summed E-state index contributed by atoms with van der Waals surface area (Å²) in [6, 6.07) is 13.5. The van der Waals surface area contributed by atoms with Crippen molar-refractivity contribution in [2.45, 2.75) is 57.7 Å². The first-order valence-corrected chi connectivity index (χ1v) is 11.9. The molecular formula is C28H29F3N2O2. The molecule has 0 saturated carbocycles. The first-order chi connectivity index (χ1) is 16.6. The Morgan fingerprint density at radius 3 is 2.54 bits per heavy atom. The molecule has 3 aromatic rings. The lowest BCUT2D eigenvalue weighted by Crippen LogP contribution is -2.24. The molecular weight excluding hydrogens is 453 g/mol. The van der Waals surface area contributed by atoms with Crippen LogP contribution in [0.4, 0.5) is 18.9 Å². The highest BCUT2D eigenvalue weighted by Gasteiger charge is 2.41. The molecule has 0 fully saturated rings. The van der Waals surface area contributed by atoms with Gasteiger partial charge >= 0.3 is 12.1 Å². The molecule has 0 bridgehead atoms. The van der Waals surface area contributed by atoms with Gasteiger partial charge < -0.3 is 10.4 Å². The van der Waals surface area contributed by atoms with Gasteiger partial charge in [-0.05, 0) is 77.6 Å². The topological polar surface area (TPSA) is 62.2 Å². The number of carboxylic acid groups (broad SMARTS) is 1. The molecule has 1 aliphatic rings. The summed E-state index contributed by atoms with van der Waals surface area (Å²) in [5.74, 6) is -2.63. The number of nitrogens with one attached hydrogen (secondary N) is 1. The zero-order chi connectivity index (χ0) is 25.2. The van der Waals surface area contributed by atoms with E-state index in [1.54, 1.807) is 12.4 Å². The van der Waals surface area contributed by atoms with Gasteiger partial charge in [0.15, 0.2) is 0 Å². The number of anilines is 1. The third-order valence-electron chi connectivity index (χ3n) is 6.53. The molecule has 7 heteroatoms. The van der Waals surface area contributed by atoms with Crippen LogP contribution in [-0.4, -0.2) is 16.1 Å². The molecule has 4 nitrogen and oxygen atoms in total. The Bertz CT molecular complexity index is 1190. The molecule has 0 radical (unpaired) electrons. The van der Waals surface area contributed by atoms with Crippen LogP contribution < -0.4 is 5.32 Å². The number of benzene rings is 2. The number of aryl methyl sites for hydroxylation is 1. The number of carboxylic acids is 1. The van der Waals surface area contributed by atoms with Crippen molar-refractivity contribution < 1.29 is 23.1 Å². The number of nitrogens with zero attached hydrogens (tertiary/aromatic N) is 1. The van der Waals surface area contributed by atoms with Gasteiger partial charge in [-0.3, -0.25) is 9.78 Å². The van der Waals surface area contributed by atoms with Gasteiger partial charge in [0.25, 0.3) is 0 Å². The molecule has 2 aromatic carbocycles. The van der Waals surface area contributed by atoms with Crippen LogP contribution in [0.2, 0.25) is 0 Å². The van der Waals surface area contributed by atoms with E-state index in [9.17, 15) is 23.1 Å². The highest BCUT2D eigenvalue weighted by Crippen LogP contribution is 2.46. The highest BCUT2D eigenvalue weighted by atomic mass is 19.4. The quantitative estimate of drug-likeness (QED) is 0.367. The minimum atomic E-state index is -4.73. The summed E-state index contributed by atoms with van der Waals surface area (Å²) in [6.07, 6.45) is 1.13. The fourth-order valence-electron chi connectivity index (χ4n) is 4.98. The summed E-state index contributed by atoms with van der Waals surface area (Å²) in [6.45, 7) is 3.63. The predicted molar refractivity (Wildman–Crippen MR) is 130 cm³/mol. The average molecular weight is 483 g/mol. The van der Waals surface area contributed by atoms with Gasteiger partial charge in [-0.2, -0.15) is 13.2 Å². The Hall–Kier alpha value is -3.35. The number of aliphatic carboxylic acids is 1. The Morgan fingerprint density at radius 1 is 1.14 bits per heavy atom. The summed E-state index contributed by atoms with van der Waals surface area (Å²) in [5.41, 5.74) is 2.05. The fourth-order valence-corrected chi connectivity index (χ4v) is 4.98. The van der Waals surface area contributed by atoms with E-state index >= 15 is 0 Å². The van der Waals surface area contributed by atoms with Crippen LogP contribution in [0.1, 0.15) is 67.3 Å². The molecule has 0 spiro atoms. The molecule has 1 aromatic heterocycles. The number of fused-ring (bicyclic) bond motifs is 1. The van der Waals surface area contributed by atoms with E-state index in [1.807, 2.05) is 50.2 Å². The maximum absolute atomic E-state index is 14.6. The lowest BCUT2D eigenvalue weighted by Gasteiger charge is -2.30. The summed E-state index contributed by atoms with van der Waals surface area (Å²) in [7, 11) is 0. The fraction of sp³-hybridized carbons (Fsp3) is 0.357. The van der Waals surface area contributed by atoms with Gasteiger partial charge in [0.1, 0.15) is 0 Å². The number of rotatable bonds is 7. The lowest BCUT2D eigenvalue weighted by atomic mass is 9.83. The van der Waals surface area contributed by atoms with Gasteiger partial charge in [0, 0.05) is 18.1 Å². The van der Waals surface area contributed by atoms with Gasteiger partial charge in [-0.1, -0.05) is 44.2 Å². The third kappa shape index (κ3) is 5.50. The van der Waals surface area contributed by atoms with Crippen LogP contribution in [0.5, 0.6) is 0 Å². The third-order valence-corrected chi connectivity index (χ3v) is 6.53. The molecule has 1 aliphatic carbocycles. The normalized spacial score (nSPS) is 16.6. The van der Waals surface area contributed by atoms with Crippen LogP contribution in [0, 0.1) is 5.92 Å². The minimum absolute atomic E-state index is 0.0847. The van der Waals surface area contributed by atoms with E-state index in [0.717, 1.165) is 29.5 Å². The molecule has 1 heterocycles. The number of alkyl halides is 3. The zero-order valence-corrected chi connectivity index (χ0v) is 19.8. The number of halogens is 3. The number of hydrogen-bond acceptors (Lipinski definition) is 3. The van der Waals surface area contributed by atoms with E-state index in [2.05, 4.69) is 10.3 Å². The van der Waals surface area contributed by atoms with Gasteiger partial charge in [-0.15, -0.1) is 0 Å². The Kier molecular flexibility index (Phi) is 7.15. The molecule has 2 atom stereocenters. The molecule has 35 heavy (non-hydrogen) atoms. The summed E-state index contributed by atoms with van der Waals surface area (Å²) < 4.78 is 43.8. The van der Waals surface area contributed by atoms with Crippen LogP contribution in [0.3, 0.4) is 0 Å². The molecule has 0 aliphatic heterocycles. The van der Waals surface area contributed by atoms with Crippen molar-refractivity contribution in [2.75, 3.05) is 5.32 Å². The second kappa shape index (κ2) is 10.1. The van der Waals surface area contributed by atoms with E-state index < -0.39 is 23.6 Å². The second-order valence-electron chi connectivity index (χ2n) is 9.54. The van der Waals surface area contributed by atoms with Gasteiger partial charge in [0.2, 0.25) is 0 Å². The van der Waals surface area contributed by atoms with Crippen molar-refractivity contribution in [3.05, 3.63) is 83.2 Å². The Morgan fingerprint density at radius 2 is 1.89 bits per heavy atom. The zero-order valence-electron chi connectivity index (χ0n) is 19.8. The molecule has 184 valence electrons. The summed E-state index contributed by atoms with van der Waals surface area (Å²) in [5, 5.41) is 13.1. The minimum Gasteiger partial charge on any atom is -0.481 e. The number of aromatic nitrogens is 1. The summed E-state index contributed by atoms with van der Waals surface area (Å²) >= 11 is 0. The molecule has 4 rings (SSSR count). The maximum atomic E-state index is 14.6. The second-order valence-corrected chi connectivity index (χ2v) is 9.54. The van der Waals surface area contributed by atoms with Crippen LogP contribution in [0.25, 0.3) is 11.1 Å². The highest BCUT2D eigenvalue weighted by molar-refractivity contribution is 5.81. The number of pyridine rings is 1. The Labute approximate surface area is 203 Å². The van der Waals surface area contributed by atoms with Crippen molar-refractivity contribution in [3.8, 4) is 11.1 Å². The molecule has 0 saturated heterocycles. The van der Waals surface area contributed by atoms with Crippen LogP contribution in [-0.2, 0) is 17.4 Å². The monoisotopic (exact) mass is 482 g/mol. The van der Waals surface area contributed by atoms with Crippen LogP contribution in [0.15, 0.2) is 60.9 Å². The van der Waals surface area contributed by atoms with Crippen molar-refractivity contribution in [2.24, 2.45) is 5.92 Å². The van der Waals surface area contributed by atoms with Crippen LogP contribution >= 0.6 is 0 Å². The van der Waals surface area contributed by atoms with Crippen molar-refractivity contribution >= 4 is 11.7 Å². The first kappa shape index (κ1) is 24.8. The first-order valence-electron chi connectivity index (χ1n) is 11.9. The summed E-state index contributed by atoms with van der Waals surface area (Å²) in [4.78, 5) is 16.4. The predicted octanol–water partition coefficient (Wildman–Crippen LogP) is 7.47. The number of carbonyl (C=O) groups is 1. The number of hydrogen-bond donors (Lipinski definition) is 2. The standard InChI is InChI=1S/C28H29F3N2O2/c1-17(2)13-23(27(34)35)22-14-20(18-7-4-3-5-8-18)15-25(26(22)28(29,30)31)33-24-10-6-9-19-16-32-12-11-21(19)24/h3-5,7-8,11-12,14-17,23-24,33H,6,9-10,13H2,1-2H3,(H,34,35). The van der Waals surface area contributed by atoms with Gasteiger partial charge in [0.05, 0.1) is 17.5 Å².